The van der Waals surface area contributed by atoms with Crippen molar-refractivity contribution >= 4 is 11.9 Å². The average molecular weight is 229 g/mol. The lowest BCUT2D eigenvalue weighted by Gasteiger charge is -2.30. The van der Waals surface area contributed by atoms with Crippen LogP contribution in [0, 0.1) is 11.3 Å². The molecule has 0 aromatic heterocycles. The van der Waals surface area contributed by atoms with Gasteiger partial charge < -0.3 is 10.4 Å². The Balaban J connectivity index is 4.64. The molecular weight excluding hydrogens is 206 g/mol. The van der Waals surface area contributed by atoms with E-state index in [4.69, 9.17) is 5.11 Å². The smallest absolute Gasteiger partial charge is 0.328 e. The van der Waals surface area contributed by atoms with E-state index in [-0.39, 0.29) is 5.91 Å². The van der Waals surface area contributed by atoms with Crippen LogP contribution in [0.2, 0.25) is 0 Å². The maximum absolute atomic E-state index is 11.9. The van der Waals surface area contributed by atoms with E-state index in [1.165, 1.54) is 13.8 Å². The standard InChI is InChI=1S/C12H23NO3/c1-8(2)7-11(3,4)9(14)13-12(5,6)10(15)16/h8H,7H2,1-6H3,(H,13,14)(H,15,16). The van der Waals surface area contributed by atoms with E-state index in [0.717, 1.165) is 6.42 Å². The minimum Gasteiger partial charge on any atom is -0.480 e. The number of amides is 1. The highest BCUT2D eigenvalue weighted by Crippen LogP contribution is 2.26. The zero-order chi connectivity index (χ0) is 13.1. The van der Waals surface area contributed by atoms with Crippen LogP contribution in [0.3, 0.4) is 0 Å². The number of rotatable bonds is 5. The van der Waals surface area contributed by atoms with Crippen molar-refractivity contribution in [3.63, 3.8) is 0 Å². The zero-order valence-corrected chi connectivity index (χ0v) is 11.0. The van der Waals surface area contributed by atoms with E-state index in [1.54, 1.807) is 0 Å². The molecule has 0 aromatic carbocycles. The van der Waals surface area contributed by atoms with Crippen molar-refractivity contribution in [2.24, 2.45) is 11.3 Å². The Morgan fingerprint density at radius 3 is 1.94 bits per heavy atom. The molecule has 94 valence electrons. The molecule has 0 radical (unpaired) electrons. The predicted molar refractivity (Wildman–Crippen MR) is 63.1 cm³/mol. The Morgan fingerprint density at radius 1 is 1.19 bits per heavy atom. The average Bonchev–Trinajstić information content (AvgIpc) is 1.99. The third-order valence-electron chi connectivity index (χ3n) is 2.49. The van der Waals surface area contributed by atoms with E-state index in [1.807, 2.05) is 27.7 Å². The Morgan fingerprint density at radius 2 is 1.62 bits per heavy atom. The molecule has 0 aliphatic rings. The molecule has 0 spiro atoms. The van der Waals surface area contributed by atoms with Gasteiger partial charge in [0.1, 0.15) is 5.54 Å². The van der Waals surface area contributed by atoms with Gasteiger partial charge in [-0.2, -0.15) is 0 Å². The van der Waals surface area contributed by atoms with Crippen molar-refractivity contribution < 1.29 is 14.7 Å². The summed E-state index contributed by atoms with van der Waals surface area (Å²) in [6.07, 6.45) is 0.731. The fourth-order valence-corrected chi connectivity index (χ4v) is 1.62. The van der Waals surface area contributed by atoms with Crippen molar-refractivity contribution in [2.45, 2.75) is 53.5 Å². The number of hydrogen-bond acceptors (Lipinski definition) is 2. The van der Waals surface area contributed by atoms with Crippen molar-refractivity contribution in [3.05, 3.63) is 0 Å². The minimum atomic E-state index is -1.22. The highest BCUT2D eigenvalue weighted by molar-refractivity contribution is 5.89. The summed E-state index contributed by atoms with van der Waals surface area (Å²) in [6, 6.07) is 0. The van der Waals surface area contributed by atoms with E-state index in [0.29, 0.717) is 5.92 Å². The van der Waals surface area contributed by atoms with E-state index in [2.05, 4.69) is 5.32 Å². The second-order valence-electron chi connectivity index (χ2n) is 5.87. The zero-order valence-electron chi connectivity index (χ0n) is 11.0. The van der Waals surface area contributed by atoms with Gasteiger partial charge in [-0.1, -0.05) is 27.7 Å². The van der Waals surface area contributed by atoms with Gasteiger partial charge in [0.2, 0.25) is 5.91 Å². The highest BCUT2D eigenvalue weighted by Gasteiger charge is 2.35. The van der Waals surface area contributed by atoms with Crippen molar-refractivity contribution in [2.75, 3.05) is 0 Å². The summed E-state index contributed by atoms with van der Waals surface area (Å²) in [6.45, 7) is 10.7. The quantitative estimate of drug-likeness (QED) is 0.758. The number of carbonyl (C=O) groups is 2. The molecule has 0 aliphatic heterocycles. The molecule has 0 heterocycles. The van der Waals surface area contributed by atoms with Gasteiger partial charge in [0.25, 0.3) is 0 Å². The van der Waals surface area contributed by atoms with Crippen LogP contribution < -0.4 is 5.32 Å². The van der Waals surface area contributed by atoms with Crippen LogP contribution in [0.1, 0.15) is 48.0 Å². The topological polar surface area (TPSA) is 66.4 Å². The first-order valence-corrected chi connectivity index (χ1v) is 5.55. The van der Waals surface area contributed by atoms with Gasteiger partial charge in [-0.25, -0.2) is 4.79 Å². The van der Waals surface area contributed by atoms with Gasteiger partial charge in [-0.3, -0.25) is 4.79 Å². The summed E-state index contributed by atoms with van der Waals surface area (Å²) < 4.78 is 0. The molecule has 16 heavy (non-hydrogen) atoms. The van der Waals surface area contributed by atoms with E-state index >= 15 is 0 Å². The third-order valence-corrected chi connectivity index (χ3v) is 2.49. The number of carboxylic acid groups (broad SMARTS) is 1. The fraction of sp³-hybridized carbons (Fsp3) is 0.833. The third kappa shape index (κ3) is 4.21. The van der Waals surface area contributed by atoms with Crippen molar-refractivity contribution in [3.8, 4) is 0 Å². The summed E-state index contributed by atoms with van der Waals surface area (Å²) in [4.78, 5) is 22.8. The summed E-state index contributed by atoms with van der Waals surface area (Å²) in [5.74, 6) is -0.844. The van der Waals surface area contributed by atoms with Gasteiger partial charge in [0, 0.05) is 5.41 Å². The maximum Gasteiger partial charge on any atom is 0.328 e. The van der Waals surface area contributed by atoms with Crippen LogP contribution in [-0.4, -0.2) is 22.5 Å². The molecule has 0 saturated heterocycles. The predicted octanol–water partition coefficient (Wildman–Crippen LogP) is 2.04. The van der Waals surface area contributed by atoms with Crippen LogP contribution in [-0.2, 0) is 9.59 Å². The van der Waals surface area contributed by atoms with E-state index < -0.39 is 16.9 Å². The van der Waals surface area contributed by atoms with Gasteiger partial charge in [0.05, 0.1) is 0 Å². The first kappa shape index (κ1) is 14.9. The summed E-state index contributed by atoms with van der Waals surface area (Å²) >= 11 is 0. The number of hydrogen-bond donors (Lipinski definition) is 2. The molecule has 0 unspecified atom stereocenters. The van der Waals surface area contributed by atoms with Gasteiger partial charge in [0.15, 0.2) is 0 Å². The molecule has 1 amide bonds. The Kier molecular flexibility index (Phi) is 4.53. The number of aliphatic carboxylic acids is 1. The monoisotopic (exact) mass is 229 g/mol. The maximum atomic E-state index is 11.9. The lowest BCUT2D eigenvalue weighted by Crippen LogP contribution is -2.53. The van der Waals surface area contributed by atoms with Crippen LogP contribution in [0.5, 0.6) is 0 Å². The number of carboxylic acids is 1. The fourth-order valence-electron chi connectivity index (χ4n) is 1.62. The SMILES string of the molecule is CC(C)CC(C)(C)C(=O)NC(C)(C)C(=O)O. The molecule has 0 aliphatic carbocycles. The molecule has 2 N–H and O–H groups in total. The van der Waals surface area contributed by atoms with E-state index in [9.17, 15) is 9.59 Å². The Hall–Kier alpha value is -1.06. The molecule has 0 bridgehead atoms. The number of carbonyl (C=O) groups excluding carboxylic acids is 1. The van der Waals surface area contributed by atoms with Crippen LogP contribution in [0.4, 0.5) is 0 Å². The Labute approximate surface area is 97.4 Å². The van der Waals surface area contributed by atoms with Crippen molar-refractivity contribution in [1.82, 2.24) is 5.32 Å². The largest absolute Gasteiger partial charge is 0.480 e. The van der Waals surface area contributed by atoms with Gasteiger partial charge in [-0.15, -0.1) is 0 Å². The van der Waals surface area contributed by atoms with Crippen LogP contribution in [0.25, 0.3) is 0 Å². The highest BCUT2D eigenvalue weighted by atomic mass is 16.4. The first-order valence-electron chi connectivity index (χ1n) is 5.55. The molecule has 0 rings (SSSR count). The minimum absolute atomic E-state index is 0.214. The molecule has 0 atom stereocenters. The molecule has 4 heteroatoms. The van der Waals surface area contributed by atoms with Crippen molar-refractivity contribution in [1.29, 1.82) is 0 Å². The van der Waals surface area contributed by atoms with Gasteiger partial charge >= 0.3 is 5.97 Å². The molecule has 0 fully saturated rings. The molecule has 0 saturated carbocycles. The normalized spacial score (nSPS) is 12.7. The van der Waals surface area contributed by atoms with Crippen LogP contribution in [0.15, 0.2) is 0 Å². The lowest BCUT2D eigenvalue weighted by molar-refractivity contribution is -0.147. The molecule has 0 aromatic rings. The summed E-state index contributed by atoms with van der Waals surface area (Å²) in [5.41, 5.74) is -1.76. The first-order chi connectivity index (χ1) is 6.99. The second-order valence-corrected chi connectivity index (χ2v) is 5.87. The van der Waals surface area contributed by atoms with Gasteiger partial charge in [-0.05, 0) is 26.2 Å². The molecular formula is C12H23NO3. The van der Waals surface area contributed by atoms with Crippen LogP contribution >= 0.6 is 0 Å². The molecule has 4 nitrogen and oxygen atoms in total. The second kappa shape index (κ2) is 4.85. The summed E-state index contributed by atoms with van der Waals surface area (Å²) in [7, 11) is 0. The lowest BCUT2D eigenvalue weighted by atomic mass is 9.82. The summed E-state index contributed by atoms with van der Waals surface area (Å²) in [5, 5.41) is 11.5. The number of nitrogens with one attached hydrogen (secondary N) is 1. The Bertz CT molecular complexity index is 280.